The number of fused-ring (bicyclic) bond motifs is 3. The lowest BCUT2D eigenvalue weighted by Crippen LogP contribution is -2.22. The van der Waals surface area contributed by atoms with Gasteiger partial charge in [0.2, 0.25) is 0 Å². The van der Waals surface area contributed by atoms with Gasteiger partial charge in [0.25, 0.3) is 0 Å². The maximum Gasteiger partial charge on any atom is 0.138 e. The number of aromatic nitrogens is 3. The van der Waals surface area contributed by atoms with Crippen LogP contribution < -0.4 is 10.9 Å². The number of hydrazine groups is 1. The number of nitrogens with zero attached hydrogens (tertiary/aromatic N) is 4. The summed E-state index contributed by atoms with van der Waals surface area (Å²) in [5.41, 5.74) is 8.94. The molecule has 0 amide bonds. The van der Waals surface area contributed by atoms with E-state index < -0.39 is 0 Å². The van der Waals surface area contributed by atoms with Crippen molar-refractivity contribution in [1.29, 1.82) is 0 Å². The molecule has 6 heteroatoms. The van der Waals surface area contributed by atoms with E-state index in [1.807, 2.05) is 12.1 Å². The first-order valence-electron chi connectivity index (χ1n) is 4.09. The first kappa shape index (κ1) is 7.19. The molecule has 2 N–H and O–H groups in total. The average Bonchev–Trinajstić information content (AvgIpc) is 2.29. The molecule has 1 aromatic heterocycles. The normalized spacial score (nSPS) is 13.1. The number of rotatable bonds is 0. The second-order valence-corrected chi connectivity index (χ2v) is 2.82. The van der Waals surface area contributed by atoms with E-state index >= 15 is 0 Å². The van der Waals surface area contributed by atoms with Crippen LogP contribution in [-0.4, -0.2) is 21.5 Å². The van der Waals surface area contributed by atoms with Crippen LogP contribution in [0.1, 0.15) is 0 Å². The largest absolute Gasteiger partial charge is 0.298 e. The molecule has 0 aliphatic carbocycles. The van der Waals surface area contributed by atoms with Gasteiger partial charge in [-0.1, -0.05) is 0 Å². The summed E-state index contributed by atoms with van der Waals surface area (Å²) in [6.45, 7) is 0. The number of aliphatic imine (C=N–C) groups is 1. The fourth-order valence-electron chi connectivity index (χ4n) is 1.39. The molecule has 2 aromatic rings. The molecule has 0 atom stereocenters. The summed E-state index contributed by atoms with van der Waals surface area (Å²) >= 11 is 0. The molecule has 1 aromatic carbocycles. The van der Waals surface area contributed by atoms with Crippen molar-refractivity contribution < 1.29 is 0 Å². The summed E-state index contributed by atoms with van der Waals surface area (Å²) in [5.74, 6) is 0. The van der Waals surface area contributed by atoms with Crippen LogP contribution in [0.15, 0.2) is 23.5 Å². The van der Waals surface area contributed by atoms with Gasteiger partial charge in [-0.15, -0.1) is 10.2 Å². The quantitative estimate of drug-likeness (QED) is 0.630. The summed E-state index contributed by atoms with van der Waals surface area (Å²) in [6, 6.07) is 3.74. The van der Waals surface area contributed by atoms with Crippen molar-refractivity contribution in [1.82, 2.24) is 20.6 Å². The molecule has 3 rings (SSSR count). The zero-order valence-corrected chi connectivity index (χ0v) is 7.10. The lowest BCUT2D eigenvalue weighted by atomic mass is 10.2. The fraction of sp³-hybridized carbons (Fsp3) is 0. The molecule has 0 fully saturated rings. The number of hydrogen-bond acceptors (Lipinski definition) is 6. The van der Waals surface area contributed by atoms with Gasteiger partial charge < -0.3 is 0 Å². The third-order valence-electron chi connectivity index (χ3n) is 2.00. The second-order valence-electron chi connectivity index (χ2n) is 2.82. The predicted octanol–water partition coefficient (Wildman–Crippen LogP) is 0.615. The van der Waals surface area contributed by atoms with Gasteiger partial charge in [-0.3, -0.25) is 10.9 Å². The molecular weight excluding hydrogens is 180 g/mol. The van der Waals surface area contributed by atoms with Gasteiger partial charge in [0.05, 0.1) is 5.69 Å². The summed E-state index contributed by atoms with van der Waals surface area (Å²) in [6.07, 6.45) is 2.99. The first-order valence-corrected chi connectivity index (χ1v) is 4.09. The molecule has 0 bridgehead atoms. The standard InChI is InChI=1S/C8H6N6/c1-2-6-8(10-4-12-14-6)7-5(1)13-11-3-9-7/h1-4,13H,(H,9,11). The molecule has 1 aliphatic heterocycles. The van der Waals surface area contributed by atoms with Gasteiger partial charge in [-0.05, 0) is 12.1 Å². The maximum atomic E-state index is 4.19. The lowest BCUT2D eigenvalue weighted by Gasteiger charge is -2.13. The molecule has 68 valence electrons. The Morgan fingerprint density at radius 3 is 3.21 bits per heavy atom. The topological polar surface area (TPSA) is 75.1 Å². The number of anilines is 1. The Morgan fingerprint density at radius 1 is 1.21 bits per heavy atom. The van der Waals surface area contributed by atoms with Crippen LogP contribution in [0.2, 0.25) is 0 Å². The summed E-state index contributed by atoms with van der Waals surface area (Å²) in [7, 11) is 0. The molecule has 0 spiro atoms. The van der Waals surface area contributed by atoms with Crippen LogP contribution in [0.4, 0.5) is 11.4 Å². The van der Waals surface area contributed by atoms with Gasteiger partial charge in [0.1, 0.15) is 29.4 Å². The minimum absolute atomic E-state index is 0.743. The van der Waals surface area contributed by atoms with E-state index in [-0.39, 0.29) is 0 Å². The van der Waals surface area contributed by atoms with Crippen LogP contribution in [0.5, 0.6) is 0 Å². The van der Waals surface area contributed by atoms with Crippen LogP contribution in [-0.2, 0) is 0 Å². The Kier molecular flexibility index (Phi) is 1.35. The Bertz CT molecular complexity index is 520. The summed E-state index contributed by atoms with van der Waals surface area (Å²) < 4.78 is 0. The van der Waals surface area contributed by atoms with Crippen LogP contribution in [0.25, 0.3) is 11.0 Å². The molecule has 0 radical (unpaired) electrons. The molecule has 0 saturated carbocycles. The Labute approximate surface area is 79.1 Å². The van der Waals surface area contributed by atoms with Crippen LogP contribution in [0, 0.1) is 0 Å². The van der Waals surface area contributed by atoms with Crippen molar-refractivity contribution in [2.45, 2.75) is 0 Å². The molecule has 0 unspecified atom stereocenters. The number of nitrogens with one attached hydrogen (secondary N) is 2. The van der Waals surface area contributed by atoms with Gasteiger partial charge >= 0.3 is 0 Å². The van der Waals surface area contributed by atoms with E-state index in [1.54, 1.807) is 6.34 Å². The third-order valence-corrected chi connectivity index (χ3v) is 2.00. The molecular formula is C8H6N6. The Balaban J connectivity index is 2.42. The van der Waals surface area contributed by atoms with Crippen molar-refractivity contribution >= 4 is 28.7 Å². The summed E-state index contributed by atoms with van der Waals surface area (Å²) in [5, 5.41) is 7.67. The van der Waals surface area contributed by atoms with Crippen molar-refractivity contribution in [3.8, 4) is 0 Å². The van der Waals surface area contributed by atoms with Crippen LogP contribution in [0.3, 0.4) is 0 Å². The average molecular weight is 186 g/mol. The monoisotopic (exact) mass is 186 g/mol. The molecule has 2 heterocycles. The SMILES string of the molecule is C1=Nc2c(ccc3nncnc23)NN1. The van der Waals surface area contributed by atoms with Crippen molar-refractivity contribution in [2.75, 3.05) is 5.43 Å². The van der Waals surface area contributed by atoms with Crippen molar-refractivity contribution in [2.24, 2.45) is 4.99 Å². The second kappa shape index (κ2) is 2.63. The van der Waals surface area contributed by atoms with Crippen molar-refractivity contribution in [3.63, 3.8) is 0 Å². The smallest absolute Gasteiger partial charge is 0.138 e. The molecule has 14 heavy (non-hydrogen) atoms. The van der Waals surface area contributed by atoms with Crippen molar-refractivity contribution in [3.05, 3.63) is 18.5 Å². The third kappa shape index (κ3) is 0.905. The van der Waals surface area contributed by atoms with Gasteiger partial charge in [0.15, 0.2) is 0 Å². The number of hydrogen-bond donors (Lipinski definition) is 2. The van der Waals surface area contributed by atoms with E-state index in [4.69, 9.17) is 0 Å². The van der Waals surface area contributed by atoms with Gasteiger partial charge in [0, 0.05) is 0 Å². The van der Waals surface area contributed by atoms with Gasteiger partial charge in [-0.25, -0.2) is 9.98 Å². The highest BCUT2D eigenvalue weighted by molar-refractivity contribution is 5.96. The summed E-state index contributed by atoms with van der Waals surface area (Å²) in [4.78, 5) is 8.33. The van der Waals surface area contributed by atoms with Gasteiger partial charge in [-0.2, -0.15) is 0 Å². The molecule has 1 aliphatic rings. The van der Waals surface area contributed by atoms with E-state index in [0.717, 1.165) is 22.4 Å². The zero-order chi connectivity index (χ0) is 9.38. The maximum absolute atomic E-state index is 4.19. The fourth-order valence-corrected chi connectivity index (χ4v) is 1.39. The predicted molar refractivity (Wildman–Crippen MR) is 52.2 cm³/mol. The highest BCUT2D eigenvalue weighted by Gasteiger charge is 2.10. The Morgan fingerprint density at radius 2 is 2.21 bits per heavy atom. The first-order chi connectivity index (χ1) is 6.95. The molecule has 6 nitrogen and oxygen atoms in total. The van der Waals surface area contributed by atoms with Crippen LogP contribution >= 0.6 is 0 Å². The van der Waals surface area contributed by atoms with E-state index in [2.05, 4.69) is 31.0 Å². The Hall–Kier alpha value is -2.24. The van der Waals surface area contributed by atoms with E-state index in [9.17, 15) is 0 Å². The minimum atomic E-state index is 0.743. The number of benzene rings is 1. The zero-order valence-electron chi connectivity index (χ0n) is 7.10. The molecule has 0 saturated heterocycles. The lowest BCUT2D eigenvalue weighted by molar-refractivity contribution is 1.02. The van der Waals surface area contributed by atoms with E-state index in [0.29, 0.717) is 0 Å². The van der Waals surface area contributed by atoms with E-state index in [1.165, 1.54) is 6.33 Å². The minimum Gasteiger partial charge on any atom is -0.298 e. The highest BCUT2D eigenvalue weighted by Crippen LogP contribution is 2.31. The highest BCUT2D eigenvalue weighted by atomic mass is 15.4.